The van der Waals surface area contributed by atoms with Crippen LogP contribution in [0.2, 0.25) is 0 Å². The van der Waals surface area contributed by atoms with E-state index in [4.69, 9.17) is 5.11 Å². The Morgan fingerprint density at radius 3 is 2.57 bits per heavy atom. The van der Waals surface area contributed by atoms with E-state index in [-0.39, 0.29) is 23.3 Å². The molecule has 21 heavy (non-hydrogen) atoms. The van der Waals surface area contributed by atoms with Crippen molar-refractivity contribution >= 4 is 16.0 Å². The van der Waals surface area contributed by atoms with Gasteiger partial charge >= 0.3 is 5.97 Å². The summed E-state index contributed by atoms with van der Waals surface area (Å²) >= 11 is 0. The summed E-state index contributed by atoms with van der Waals surface area (Å²) in [5, 5.41) is 8.97. The molecule has 0 radical (unpaired) electrons. The Balaban J connectivity index is 2.19. The minimum atomic E-state index is -3.41. The first-order valence-corrected chi connectivity index (χ1v) is 8.72. The molecule has 0 atom stereocenters. The van der Waals surface area contributed by atoms with E-state index in [1.807, 2.05) is 13.8 Å². The average Bonchev–Trinajstić information content (AvgIpc) is 3.19. The summed E-state index contributed by atoms with van der Waals surface area (Å²) < 4.78 is 26.7. The quantitative estimate of drug-likeness (QED) is 0.838. The number of carboxylic acid groups (broad SMARTS) is 1. The predicted octanol–water partition coefficient (Wildman–Crippen LogP) is 2.33. The van der Waals surface area contributed by atoms with Gasteiger partial charge in [-0.05, 0) is 36.5 Å². The fraction of sp³-hybridized carbons (Fsp3) is 0.533. The number of carbonyl (C=O) groups is 1. The van der Waals surface area contributed by atoms with Crippen LogP contribution >= 0.6 is 0 Å². The lowest BCUT2D eigenvalue weighted by Crippen LogP contribution is -2.36. The number of benzene rings is 1. The summed E-state index contributed by atoms with van der Waals surface area (Å²) in [6.07, 6.45) is 1.84. The standard InChI is InChI=1S/C15H21NO4S/c1-11(2)9-16(14-6-7-14)21(19,20)10-12-4-3-5-13(8-12)15(17)18/h3-5,8,11,14H,6-7,9-10H2,1-2H3,(H,17,18). The van der Waals surface area contributed by atoms with Gasteiger partial charge in [0.2, 0.25) is 10.0 Å². The number of nitrogens with zero attached hydrogens (tertiary/aromatic N) is 1. The molecule has 1 aromatic carbocycles. The molecule has 0 spiro atoms. The molecule has 1 aromatic rings. The lowest BCUT2D eigenvalue weighted by atomic mass is 10.1. The van der Waals surface area contributed by atoms with Gasteiger partial charge in [-0.2, -0.15) is 4.31 Å². The van der Waals surface area contributed by atoms with Gasteiger partial charge < -0.3 is 5.11 Å². The maximum atomic E-state index is 12.6. The van der Waals surface area contributed by atoms with Crippen LogP contribution in [0.4, 0.5) is 0 Å². The molecule has 0 bridgehead atoms. The molecule has 1 N–H and O–H groups in total. The van der Waals surface area contributed by atoms with E-state index < -0.39 is 16.0 Å². The second-order valence-corrected chi connectivity index (χ2v) is 7.88. The van der Waals surface area contributed by atoms with Crippen molar-refractivity contribution in [3.05, 3.63) is 35.4 Å². The zero-order chi connectivity index (χ0) is 15.6. The molecule has 0 amide bonds. The molecular weight excluding hydrogens is 290 g/mol. The van der Waals surface area contributed by atoms with Crippen molar-refractivity contribution in [3.8, 4) is 0 Å². The highest BCUT2D eigenvalue weighted by Gasteiger charge is 2.37. The minimum absolute atomic E-state index is 0.115. The molecule has 1 fully saturated rings. The summed E-state index contributed by atoms with van der Waals surface area (Å²) in [7, 11) is -3.41. The smallest absolute Gasteiger partial charge is 0.335 e. The topological polar surface area (TPSA) is 74.7 Å². The van der Waals surface area contributed by atoms with Crippen molar-refractivity contribution in [1.29, 1.82) is 0 Å². The van der Waals surface area contributed by atoms with Gasteiger partial charge in [-0.25, -0.2) is 13.2 Å². The number of hydrogen-bond donors (Lipinski definition) is 1. The third kappa shape index (κ3) is 4.28. The zero-order valence-corrected chi connectivity index (χ0v) is 13.1. The van der Waals surface area contributed by atoms with Crippen LogP contribution in [-0.2, 0) is 15.8 Å². The van der Waals surface area contributed by atoms with Crippen molar-refractivity contribution < 1.29 is 18.3 Å². The molecule has 0 aromatic heterocycles. The molecular formula is C15H21NO4S. The zero-order valence-electron chi connectivity index (χ0n) is 12.3. The Labute approximate surface area is 125 Å². The maximum Gasteiger partial charge on any atom is 0.335 e. The maximum absolute atomic E-state index is 12.6. The van der Waals surface area contributed by atoms with E-state index in [1.165, 1.54) is 12.1 Å². The van der Waals surface area contributed by atoms with Crippen molar-refractivity contribution in [2.75, 3.05) is 6.54 Å². The van der Waals surface area contributed by atoms with E-state index in [0.29, 0.717) is 12.1 Å². The summed E-state index contributed by atoms with van der Waals surface area (Å²) in [6, 6.07) is 6.26. The fourth-order valence-corrected chi connectivity index (χ4v) is 4.26. The molecule has 116 valence electrons. The van der Waals surface area contributed by atoms with Crippen LogP contribution < -0.4 is 0 Å². The molecule has 6 heteroatoms. The van der Waals surface area contributed by atoms with Crippen molar-refractivity contribution in [3.63, 3.8) is 0 Å². The lowest BCUT2D eigenvalue weighted by Gasteiger charge is -2.23. The lowest BCUT2D eigenvalue weighted by molar-refractivity contribution is 0.0696. The Hall–Kier alpha value is -1.40. The molecule has 0 aliphatic heterocycles. The third-order valence-corrected chi connectivity index (χ3v) is 5.24. The van der Waals surface area contributed by atoms with Crippen LogP contribution in [0.5, 0.6) is 0 Å². The van der Waals surface area contributed by atoms with Crippen LogP contribution in [-0.4, -0.2) is 36.4 Å². The first kappa shape index (κ1) is 16.0. The average molecular weight is 311 g/mol. The molecule has 0 heterocycles. The van der Waals surface area contributed by atoms with Crippen molar-refractivity contribution in [1.82, 2.24) is 4.31 Å². The molecule has 0 unspecified atom stereocenters. The summed E-state index contributed by atoms with van der Waals surface area (Å²) in [4.78, 5) is 11.0. The number of sulfonamides is 1. The molecule has 2 rings (SSSR count). The highest BCUT2D eigenvalue weighted by Crippen LogP contribution is 2.31. The SMILES string of the molecule is CC(C)CN(C1CC1)S(=O)(=O)Cc1cccc(C(=O)O)c1. The van der Waals surface area contributed by atoms with Gasteiger partial charge in [0.05, 0.1) is 11.3 Å². The van der Waals surface area contributed by atoms with Crippen LogP contribution in [0.1, 0.15) is 42.6 Å². The second-order valence-electron chi connectivity index (χ2n) is 5.96. The van der Waals surface area contributed by atoms with Gasteiger partial charge in [0.15, 0.2) is 0 Å². The van der Waals surface area contributed by atoms with Gasteiger partial charge in [0.25, 0.3) is 0 Å². The molecule has 1 aliphatic rings. The number of carboxylic acids is 1. The monoisotopic (exact) mass is 311 g/mol. The summed E-state index contributed by atoms with van der Waals surface area (Å²) in [5.74, 6) is -0.918. The van der Waals surface area contributed by atoms with Gasteiger partial charge in [-0.1, -0.05) is 26.0 Å². The largest absolute Gasteiger partial charge is 0.478 e. The van der Waals surface area contributed by atoms with Crippen LogP contribution in [0.15, 0.2) is 24.3 Å². The third-order valence-electron chi connectivity index (χ3n) is 3.38. The van der Waals surface area contributed by atoms with Gasteiger partial charge in [0.1, 0.15) is 0 Å². The Morgan fingerprint density at radius 2 is 2.05 bits per heavy atom. The molecule has 5 nitrogen and oxygen atoms in total. The number of rotatable bonds is 7. The van der Waals surface area contributed by atoms with Gasteiger partial charge in [-0.15, -0.1) is 0 Å². The molecule has 1 aliphatic carbocycles. The first-order chi connectivity index (χ1) is 9.79. The number of hydrogen-bond acceptors (Lipinski definition) is 3. The van der Waals surface area contributed by atoms with Gasteiger partial charge in [-0.3, -0.25) is 0 Å². The Morgan fingerprint density at radius 1 is 1.38 bits per heavy atom. The van der Waals surface area contributed by atoms with Gasteiger partial charge in [0, 0.05) is 12.6 Å². The molecule has 1 saturated carbocycles. The minimum Gasteiger partial charge on any atom is -0.478 e. The van der Waals surface area contributed by atoms with E-state index in [2.05, 4.69) is 0 Å². The van der Waals surface area contributed by atoms with Crippen LogP contribution in [0.25, 0.3) is 0 Å². The van der Waals surface area contributed by atoms with Crippen LogP contribution in [0, 0.1) is 5.92 Å². The predicted molar refractivity (Wildman–Crippen MR) is 80.6 cm³/mol. The van der Waals surface area contributed by atoms with Crippen molar-refractivity contribution in [2.24, 2.45) is 5.92 Å². The normalized spacial score (nSPS) is 15.6. The Bertz CT molecular complexity index is 620. The second kappa shape index (κ2) is 6.15. The van der Waals surface area contributed by atoms with E-state index in [0.717, 1.165) is 12.8 Å². The molecule has 0 saturated heterocycles. The first-order valence-electron chi connectivity index (χ1n) is 7.11. The summed E-state index contributed by atoms with van der Waals surface area (Å²) in [6.45, 7) is 4.51. The van der Waals surface area contributed by atoms with E-state index >= 15 is 0 Å². The highest BCUT2D eigenvalue weighted by molar-refractivity contribution is 7.88. The van der Waals surface area contributed by atoms with Crippen molar-refractivity contribution in [2.45, 2.75) is 38.5 Å². The van der Waals surface area contributed by atoms with E-state index in [9.17, 15) is 13.2 Å². The fourth-order valence-electron chi connectivity index (χ4n) is 2.30. The Kier molecular flexibility index (Phi) is 4.68. The van der Waals surface area contributed by atoms with E-state index in [1.54, 1.807) is 16.4 Å². The summed E-state index contributed by atoms with van der Waals surface area (Å²) in [5.41, 5.74) is 0.633. The number of aromatic carboxylic acids is 1. The van der Waals surface area contributed by atoms with Crippen LogP contribution in [0.3, 0.4) is 0 Å². The highest BCUT2D eigenvalue weighted by atomic mass is 32.2.